The van der Waals surface area contributed by atoms with Crippen LogP contribution in [0.5, 0.6) is 0 Å². The van der Waals surface area contributed by atoms with Crippen LogP contribution in [0.25, 0.3) is 11.0 Å². The molecule has 3 heterocycles. The molecule has 1 fully saturated rings. The van der Waals surface area contributed by atoms with Gasteiger partial charge in [-0.25, -0.2) is 8.78 Å². The molecule has 3 N–H and O–H groups in total. The summed E-state index contributed by atoms with van der Waals surface area (Å²) in [6, 6.07) is 2.69. The Kier molecular flexibility index (Phi) is 3.53. The summed E-state index contributed by atoms with van der Waals surface area (Å²) in [4.78, 5) is 10.4. The topological polar surface area (TPSA) is 93.1 Å². The van der Waals surface area contributed by atoms with Crippen molar-refractivity contribution in [2.75, 3.05) is 17.2 Å². The van der Waals surface area contributed by atoms with E-state index in [0.717, 1.165) is 18.2 Å². The number of aliphatic hydroxyl groups excluding tert-OH is 1. The average Bonchev–Trinajstić information content (AvgIpc) is 3.13. The largest absolute Gasteiger partial charge is 0.391 e. The first kappa shape index (κ1) is 15.7. The molecule has 9 heteroatoms. The number of nitrogens with zero attached hydrogens (tertiary/aromatic N) is 5. The number of β-amino-alcohol motifs (C(OH)–C–C–N with tert-alkyl or cyclic N) is 1. The van der Waals surface area contributed by atoms with E-state index in [9.17, 15) is 13.9 Å². The van der Waals surface area contributed by atoms with Crippen molar-refractivity contribution in [1.29, 1.82) is 0 Å². The molecule has 0 bridgehead atoms. The van der Waals surface area contributed by atoms with Crippen molar-refractivity contribution in [2.24, 2.45) is 7.05 Å². The minimum atomic E-state index is -0.709. The van der Waals surface area contributed by atoms with Gasteiger partial charge in [-0.05, 0) is 24.6 Å². The van der Waals surface area contributed by atoms with Crippen molar-refractivity contribution in [3.63, 3.8) is 0 Å². The molecule has 7 nitrogen and oxygen atoms in total. The van der Waals surface area contributed by atoms with Crippen molar-refractivity contribution >= 4 is 22.8 Å². The second-order valence-corrected chi connectivity index (χ2v) is 6.14. The zero-order valence-electron chi connectivity index (χ0n) is 13.4. The SMILES string of the molecule is Cn1ncc2c(N)nc(N3C[C@H](O)C[C@@H]3c3cc(F)ccc3F)nc21. The predicted molar refractivity (Wildman–Crippen MR) is 87.8 cm³/mol. The minimum absolute atomic E-state index is 0.156. The summed E-state index contributed by atoms with van der Waals surface area (Å²) < 4.78 is 29.4. The maximum atomic E-state index is 14.2. The molecular formula is C16H16F2N6O. The van der Waals surface area contributed by atoms with E-state index in [1.54, 1.807) is 22.8 Å². The van der Waals surface area contributed by atoms with Crippen LogP contribution in [0.4, 0.5) is 20.5 Å². The lowest BCUT2D eigenvalue weighted by Crippen LogP contribution is -2.27. The van der Waals surface area contributed by atoms with Crippen LogP contribution in [0.2, 0.25) is 0 Å². The highest BCUT2D eigenvalue weighted by molar-refractivity contribution is 5.86. The summed E-state index contributed by atoms with van der Waals surface area (Å²) in [5.41, 5.74) is 6.67. The van der Waals surface area contributed by atoms with Gasteiger partial charge in [-0.3, -0.25) is 4.68 Å². The molecule has 1 aliphatic heterocycles. The van der Waals surface area contributed by atoms with E-state index in [-0.39, 0.29) is 30.3 Å². The highest BCUT2D eigenvalue weighted by Crippen LogP contribution is 2.37. The monoisotopic (exact) mass is 346 g/mol. The summed E-state index contributed by atoms with van der Waals surface area (Å²) in [6.45, 7) is 0.198. The van der Waals surface area contributed by atoms with E-state index in [1.165, 1.54) is 0 Å². The fourth-order valence-corrected chi connectivity index (χ4v) is 3.26. The molecule has 4 rings (SSSR count). The Balaban J connectivity index is 1.82. The molecule has 0 amide bonds. The quantitative estimate of drug-likeness (QED) is 0.731. The van der Waals surface area contributed by atoms with Gasteiger partial charge < -0.3 is 15.7 Å². The van der Waals surface area contributed by atoms with Crippen molar-refractivity contribution in [2.45, 2.75) is 18.6 Å². The van der Waals surface area contributed by atoms with Gasteiger partial charge >= 0.3 is 0 Å². The fourth-order valence-electron chi connectivity index (χ4n) is 3.26. The number of halogens is 2. The van der Waals surface area contributed by atoms with E-state index in [0.29, 0.717) is 11.0 Å². The molecule has 1 aromatic carbocycles. The molecule has 1 saturated heterocycles. The van der Waals surface area contributed by atoms with Gasteiger partial charge in [-0.15, -0.1) is 0 Å². The number of benzene rings is 1. The lowest BCUT2D eigenvalue weighted by molar-refractivity contribution is 0.194. The average molecular weight is 346 g/mol. The first-order valence-corrected chi connectivity index (χ1v) is 7.79. The first-order valence-electron chi connectivity index (χ1n) is 7.79. The van der Waals surface area contributed by atoms with Crippen molar-refractivity contribution in [3.8, 4) is 0 Å². The molecular weight excluding hydrogens is 330 g/mol. The van der Waals surface area contributed by atoms with Crippen LogP contribution < -0.4 is 10.6 Å². The zero-order valence-corrected chi connectivity index (χ0v) is 13.4. The Morgan fingerprint density at radius 2 is 2.08 bits per heavy atom. The van der Waals surface area contributed by atoms with E-state index >= 15 is 0 Å². The number of fused-ring (bicyclic) bond motifs is 1. The van der Waals surface area contributed by atoms with Gasteiger partial charge in [0.1, 0.15) is 17.5 Å². The van der Waals surface area contributed by atoms with E-state index in [1.807, 2.05) is 0 Å². The van der Waals surface area contributed by atoms with Gasteiger partial charge in [0.2, 0.25) is 5.95 Å². The van der Waals surface area contributed by atoms with Gasteiger partial charge in [0, 0.05) is 19.2 Å². The molecule has 25 heavy (non-hydrogen) atoms. The highest BCUT2D eigenvalue weighted by Gasteiger charge is 2.36. The second-order valence-electron chi connectivity index (χ2n) is 6.14. The van der Waals surface area contributed by atoms with Crippen LogP contribution in [0.1, 0.15) is 18.0 Å². The summed E-state index contributed by atoms with van der Waals surface area (Å²) in [5, 5.41) is 14.8. The summed E-state index contributed by atoms with van der Waals surface area (Å²) >= 11 is 0. The molecule has 0 spiro atoms. The lowest BCUT2D eigenvalue weighted by atomic mass is 10.0. The van der Waals surface area contributed by atoms with Crippen LogP contribution >= 0.6 is 0 Å². The number of anilines is 2. The van der Waals surface area contributed by atoms with Crippen LogP contribution in [-0.2, 0) is 7.05 Å². The van der Waals surface area contributed by atoms with Gasteiger partial charge in [-0.1, -0.05) is 0 Å². The number of aryl methyl sites for hydroxylation is 1. The number of aliphatic hydroxyl groups is 1. The highest BCUT2D eigenvalue weighted by atomic mass is 19.1. The summed E-state index contributed by atoms with van der Waals surface area (Å²) in [5.74, 6) is -0.591. The maximum absolute atomic E-state index is 14.2. The summed E-state index contributed by atoms with van der Waals surface area (Å²) in [6.07, 6.45) is 1.10. The van der Waals surface area contributed by atoms with Crippen LogP contribution in [0.3, 0.4) is 0 Å². The van der Waals surface area contributed by atoms with E-state index in [4.69, 9.17) is 5.73 Å². The Morgan fingerprint density at radius 3 is 2.88 bits per heavy atom. The van der Waals surface area contributed by atoms with Crippen LogP contribution in [0, 0.1) is 11.6 Å². The van der Waals surface area contributed by atoms with E-state index in [2.05, 4.69) is 15.1 Å². The minimum Gasteiger partial charge on any atom is -0.391 e. The van der Waals surface area contributed by atoms with Crippen LogP contribution in [-0.4, -0.2) is 37.5 Å². The third-order valence-electron chi connectivity index (χ3n) is 4.46. The summed E-state index contributed by atoms with van der Waals surface area (Å²) in [7, 11) is 1.72. The Morgan fingerprint density at radius 1 is 1.28 bits per heavy atom. The third kappa shape index (κ3) is 2.56. The molecule has 2 aromatic heterocycles. The first-order chi connectivity index (χ1) is 11.9. The molecule has 1 aliphatic rings. The normalized spacial score (nSPS) is 20.6. The predicted octanol–water partition coefficient (Wildman–Crippen LogP) is 1.54. The molecule has 0 unspecified atom stereocenters. The van der Waals surface area contributed by atoms with Gasteiger partial charge in [0.25, 0.3) is 0 Å². The number of rotatable bonds is 2. The van der Waals surface area contributed by atoms with Gasteiger partial charge in [0.05, 0.1) is 23.7 Å². The smallest absolute Gasteiger partial charge is 0.229 e. The Labute approximate surface area is 141 Å². The van der Waals surface area contributed by atoms with Crippen molar-refractivity contribution in [3.05, 3.63) is 41.6 Å². The molecule has 0 saturated carbocycles. The third-order valence-corrected chi connectivity index (χ3v) is 4.46. The lowest BCUT2D eigenvalue weighted by Gasteiger charge is -2.25. The second kappa shape index (κ2) is 5.62. The standard InChI is InChI=1S/C16H16F2N6O/c1-23-15-11(6-20-23)14(19)21-16(22-15)24-7-9(25)5-13(24)10-4-8(17)2-3-12(10)18/h2-4,6,9,13,25H,5,7H2,1H3,(H2,19,21,22)/t9-,13-/m1/s1. The van der Waals surface area contributed by atoms with E-state index < -0.39 is 23.8 Å². The van der Waals surface area contributed by atoms with Crippen molar-refractivity contribution < 1.29 is 13.9 Å². The zero-order chi connectivity index (χ0) is 17.7. The molecule has 130 valence electrons. The fraction of sp³-hybridized carbons (Fsp3) is 0.312. The molecule has 0 radical (unpaired) electrons. The van der Waals surface area contributed by atoms with Crippen molar-refractivity contribution in [1.82, 2.24) is 19.7 Å². The van der Waals surface area contributed by atoms with Crippen LogP contribution in [0.15, 0.2) is 24.4 Å². The number of hydrogen-bond donors (Lipinski definition) is 2. The number of aromatic nitrogens is 4. The Bertz CT molecular complexity index is 959. The molecule has 3 aromatic rings. The van der Waals surface area contributed by atoms with Gasteiger partial charge in [0.15, 0.2) is 5.65 Å². The molecule has 0 aliphatic carbocycles. The molecule has 2 atom stereocenters. The van der Waals surface area contributed by atoms with Gasteiger partial charge in [-0.2, -0.15) is 15.1 Å². The maximum Gasteiger partial charge on any atom is 0.229 e. The number of hydrogen-bond acceptors (Lipinski definition) is 6. The Hall–Kier alpha value is -2.81. The number of nitrogen functional groups attached to an aromatic ring is 1. The number of nitrogens with two attached hydrogens (primary N) is 1.